The largest absolute Gasteiger partial charge is 0.332 e. The first-order valence-electron chi connectivity index (χ1n) is 3.53. The zero-order valence-corrected chi connectivity index (χ0v) is 7.40. The van der Waals surface area contributed by atoms with Crippen LogP contribution in [-0.4, -0.2) is 42.2 Å². The van der Waals surface area contributed by atoms with Gasteiger partial charge >= 0.3 is 6.03 Å². The van der Waals surface area contributed by atoms with Crippen molar-refractivity contribution in [3.63, 3.8) is 0 Å². The SMILES string of the molecule is CCC(=O)N(C)C(=O)N(C)C=O. The third-order valence-corrected chi connectivity index (χ3v) is 1.42. The zero-order valence-electron chi connectivity index (χ0n) is 7.40. The lowest BCUT2D eigenvalue weighted by atomic mass is 10.4. The Kier molecular flexibility index (Phi) is 3.96. The van der Waals surface area contributed by atoms with Gasteiger partial charge in [0.05, 0.1) is 0 Å². The van der Waals surface area contributed by atoms with Gasteiger partial charge in [-0.15, -0.1) is 0 Å². The van der Waals surface area contributed by atoms with E-state index in [1.165, 1.54) is 14.1 Å². The van der Waals surface area contributed by atoms with Crippen molar-refractivity contribution in [3.8, 4) is 0 Å². The van der Waals surface area contributed by atoms with Gasteiger partial charge in [-0.1, -0.05) is 6.92 Å². The van der Waals surface area contributed by atoms with Crippen molar-refractivity contribution >= 4 is 18.3 Å². The minimum absolute atomic E-state index is 0.245. The molecule has 0 aliphatic rings. The van der Waals surface area contributed by atoms with Crippen LogP contribution in [0.4, 0.5) is 4.79 Å². The first-order valence-corrected chi connectivity index (χ1v) is 3.53. The molecule has 0 spiro atoms. The van der Waals surface area contributed by atoms with Crippen LogP contribution in [-0.2, 0) is 9.59 Å². The van der Waals surface area contributed by atoms with Crippen LogP contribution in [0.25, 0.3) is 0 Å². The van der Waals surface area contributed by atoms with E-state index in [9.17, 15) is 14.4 Å². The van der Waals surface area contributed by atoms with E-state index < -0.39 is 6.03 Å². The summed E-state index contributed by atoms with van der Waals surface area (Å²) in [6.07, 6.45) is 0.608. The van der Waals surface area contributed by atoms with Crippen LogP contribution in [0, 0.1) is 0 Å². The van der Waals surface area contributed by atoms with E-state index in [1.807, 2.05) is 0 Å². The van der Waals surface area contributed by atoms with Gasteiger partial charge in [0.25, 0.3) is 0 Å². The molecule has 0 aromatic carbocycles. The number of carbonyl (C=O) groups is 3. The second-order valence-electron chi connectivity index (χ2n) is 2.31. The maximum atomic E-state index is 11.1. The average Bonchev–Trinajstić information content (AvgIpc) is 2.12. The number of hydrogen-bond donors (Lipinski definition) is 0. The molecule has 0 atom stereocenters. The highest BCUT2D eigenvalue weighted by molar-refractivity contribution is 5.97. The molecule has 0 rings (SSSR count). The average molecular weight is 172 g/mol. The summed E-state index contributed by atoms with van der Waals surface area (Å²) in [6.45, 7) is 1.65. The fourth-order valence-corrected chi connectivity index (χ4v) is 0.626. The van der Waals surface area contributed by atoms with Crippen LogP contribution in [0.3, 0.4) is 0 Å². The molecule has 0 heterocycles. The predicted molar refractivity (Wildman–Crippen MR) is 42.3 cm³/mol. The van der Waals surface area contributed by atoms with Gasteiger partial charge in [0.2, 0.25) is 12.3 Å². The van der Waals surface area contributed by atoms with Gasteiger partial charge in [-0.25, -0.2) is 4.79 Å². The summed E-state index contributed by atoms with van der Waals surface area (Å²) in [5.74, 6) is -0.311. The second kappa shape index (κ2) is 4.48. The molecule has 0 aromatic rings. The topological polar surface area (TPSA) is 57.7 Å². The molecule has 0 unspecified atom stereocenters. The summed E-state index contributed by atoms with van der Waals surface area (Å²) in [5, 5.41) is 0. The maximum absolute atomic E-state index is 11.1. The minimum atomic E-state index is -0.614. The Bertz CT molecular complexity index is 203. The fourth-order valence-electron chi connectivity index (χ4n) is 0.626. The van der Waals surface area contributed by atoms with Crippen LogP contribution in [0.5, 0.6) is 0 Å². The van der Waals surface area contributed by atoms with Crippen LogP contribution in [0.2, 0.25) is 0 Å². The quantitative estimate of drug-likeness (QED) is 0.553. The normalized spacial score (nSPS) is 8.92. The molecule has 12 heavy (non-hydrogen) atoms. The number of urea groups is 1. The lowest BCUT2D eigenvalue weighted by Gasteiger charge is -2.17. The van der Waals surface area contributed by atoms with Crippen molar-refractivity contribution in [2.75, 3.05) is 14.1 Å². The summed E-state index contributed by atoms with van der Waals surface area (Å²) in [5.41, 5.74) is 0. The van der Waals surface area contributed by atoms with Crippen molar-refractivity contribution in [3.05, 3.63) is 0 Å². The third kappa shape index (κ3) is 2.34. The molecule has 0 fully saturated rings. The van der Waals surface area contributed by atoms with Gasteiger partial charge in [-0.05, 0) is 0 Å². The number of nitrogens with zero attached hydrogens (tertiary/aromatic N) is 2. The molecule has 68 valence electrons. The van der Waals surface area contributed by atoms with E-state index in [-0.39, 0.29) is 12.3 Å². The zero-order chi connectivity index (χ0) is 9.72. The van der Waals surface area contributed by atoms with Gasteiger partial charge in [-0.3, -0.25) is 19.4 Å². The molecule has 5 heteroatoms. The molecule has 0 bridgehead atoms. The Morgan fingerprint density at radius 2 is 1.83 bits per heavy atom. The molecule has 5 nitrogen and oxygen atoms in total. The second-order valence-corrected chi connectivity index (χ2v) is 2.31. The molecule has 0 radical (unpaired) electrons. The van der Waals surface area contributed by atoms with Crippen LogP contribution >= 0.6 is 0 Å². The summed E-state index contributed by atoms with van der Waals surface area (Å²) in [4.78, 5) is 33.9. The van der Waals surface area contributed by atoms with E-state index in [0.29, 0.717) is 6.41 Å². The smallest absolute Gasteiger partial charge is 0.278 e. The molecule has 0 N–H and O–H groups in total. The molecular weight excluding hydrogens is 160 g/mol. The van der Waals surface area contributed by atoms with Crippen molar-refractivity contribution in [1.29, 1.82) is 0 Å². The highest BCUT2D eigenvalue weighted by atomic mass is 16.2. The van der Waals surface area contributed by atoms with Gasteiger partial charge in [0.15, 0.2) is 0 Å². The number of imide groups is 2. The molecule has 4 amide bonds. The Morgan fingerprint density at radius 3 is 2.17 bits per heavy atom. The van der Waals surface area contributed by atoms with Gasteiger partial charge in [-0.2, -0.15) is 0 Å². The number of amides is 4. The number of carbonyl (C=O) groups excluding carboxylic acids is 3. The monoisotopic (exact) mass is 172 g/mol. The highest BCUT2D eigenvalue weighted by Gasteiger charge is 2.17. The van der Waals surface area contributed by atoms with Gasteiger partial charge < -0.3 is 0 Å². The first-order chi connectivity index (χ1) is 5.54. The van der Waals surface area contributed by atoms with Gasteiger partial charge in [0.1, 0.15) is 0 Å². The number of hydrogen-bond acceptors (Lipinski definition) is 3. The Morgan fingerprint density at radius 1 is 1.33 bits per heavy atom. The van der Waals surface area contributed by atoms with Crippen LogP contribution < -0.4 is 0 Å². The summed E-state index contributed by atoms with van der Waals surface area (Å²) < 4.78 is 0. The maximum Gasteiger partial charge on any atom is 0.332 e. The van der Waals surface area contributed by atoms with Crippen LogP contribution in [0.15, 0.2) is 0 Å². The molecule has 0 saturated carbocycles. The van der Waals surface area contributed by atoms with E-state index >= 15 is 0 Å². The van der Waals surface area contributed by atoms with Crippen molar-refractivity contribution in [1.82, 2.24) is 9.80 Å². The fraction of sp³-hybridized carbons (Fsp3) is 0.571. The van der Waals surface area contributed by atoms with E-state index in [4.69, 9.17) is 0 Å². The Labute approximate surface area is 70.9 Å². The van der Waals surface area contributed by atoms with Crippen molar-refractivity contribution in [2.24, 2.45) is 0 Å². The summed E-state index contributed by atoms with van der Waals surface area (Å²) >= 11 is 0. The molecule has 0 aliphatic carbocycles. The standard InChI is InChI=1S/C7H12N2O3/c1-4-6(11)9(3)7(12)8(2)5-10/h5H,4H2,1-3H3. The Hall–Kier alpha value is -1.39. The lowest BCUT2D eigenvalue weighted by Crippen LogP contribution is -2.41. The lowest BCUT2D eigenvalue weighted by molar-refractivity contribution is -0.127. The summed E-state index contributed by atoms with van der Waals surface area (Å²) in [7, 11) is 2.64. The van der Waals surface area contributed by atoms with Crippen LogP contribution in [0.1, 0.15) is 13.3 Å². The van der Waals surface area contributed by atoms with E-state index in [0.717, 1.165) is 9.80 Å². The third-order valence-electron chi connectivity index (χ3n) is 1.42. The molecular formula is C7H12N2O3. The van der Waals surface area contributed by atoms with Crippen molar-refractivity contribution < 1.29 is 14.4 Å². The van der Waals surface area contributed by atoms with Crippen molar-refractivity contribution in [2.45, 2.75) is 13.3 Å². The summed E-state index contributed by atoms with van der Waals surface area (Å²) in [6, 6.07) is -0.614. The number of rotatable bonds is 2. The van der Waals surface area contributed by atoms with Gasteiger partial charge in [0, 0.05) is 20.5 Å². The first kappa shape index (κ1) is 10.6. The van der Waals surface area contributed by atoms with E-state index in [1.54, 1.807) is 6.92 Å². The van der Waals surface area contributed by atoms with E-state index in [2.05, 4.69) is 0 Å². The molecule has 0 saturated heterocycles. The molecule has 0 aromatic heterocycles. The minimum Gasteiger partial charge on any atom is -0.278 e. The molecule has 0 aliphatic heterocycles. The highest BCUT2D eigenvalue weighted by Crippen LogP contribution is 1.94. The predicted octanol–water partition coefficient (Wildman–Crippen LogP) is 0.0630. The Balaban J connectivity index is 4.28.